The Morgan fingerprint density at radius 3 is 2.90 bits per heavy atom. The van der Waals surface area contributed by atoms with Crippen LogP contribution >= 0.6 is 11.6 Å². The average molecular weight is 309 g/mol. The number of halogens is 1. The zero-order valence-electron chi connectivity index (χ0n) is 11.9. The molecule has 0 saturated heterocycles. The number of aryl methyl sites for hydroxylation is 1. The minimum absolute atomic E-state index is 0.252. The molecule has 112 valence electrons. The number of anilines is 1. The summed E-state index contributed by atoms with van der Waals surface area (Å²) in [5, 5.41) is 14.0. The predicted molar refractivity (Wildman–Crippen MR) is 80.3 cm³/mol. The highest BCUT2D eigenvalue weighted by Gasteiger charge is 2.11. The zero-order chi connectivity index (χ0) is 15.2. The topological polar surface area (TPSA) is 84.7 Å². The molecule has 7 nitrogen and oxygen atoms in total. The van der Waals surface area contributed by atoms with Gasteiger partial charge in [-0.1, -0.05) is 11.6 Å². The van der Waals surface area contributed by atoms with E-state index in [4.69, 9.17) is 11.6 Å². The number of carbonyl (C=O) groups excluding carboxylic acids is 1. The number of nitrogens with zero attached hydrogens (tertiary/aromatic N) is 4. The van der Waals surface area contributed by atoms with Crippen LogP contribution in [0.5, 0.6) is 0 Å². The molecule has 0 unspecified atom stereocenters. The summed E-state index contributed by atoms with van der Waals surface area (Å²) in [6.45, 7) is 5.70. The second-order valence-corrected chi connectivity index (χ2v) is 4.71. The van der Waals surface area contributed by atoms with E-state index in [2.05, 4.69) is 25.8 Å². The largest absolute Gasteiger partial charge is 0.369 e. The van der Waals surface area contributed by atoms with Crippen LogP contribution in [-0.2, 0) is 13.1 Å². The number of hydrogen-bond acceptors (Lipinski definition) is 5. The fraction of sp³-hybridized carbons (Fsp3) is 0.385. The third-order valence-electron chi connectivity index (χ3n) is 2.89. The van der Waals surface area contributed by atoms with Crippen LogP contribution in [0.25, 0.3) is 0 Å². The van der Waals surface area contributed by atoms with E-state index in [9.17, 15) is 4.79 Å². The van der Waals surface area contributed by atoms with Crippen LogP contribution in [0.1, 0.15) is 30.0 Å². The Morgan fingerprint density at radius 1 is 1.43 bits per heavy atom. The van der Waals surface area contributed by atoms with Crippen molar-refractivity contribution in [1.82, 2.24) is 25.1 Å². The van der Waals surface area contributed by atoms with Gasteiger partial charge in [0.1, 0.15) is 12.1 Å². The first-order valence-electron chi connectivity index (χ1n) is 6.70. The molecule has 0 aliphatic heterocycles. The van der Waals surface area contributed by atoms with Gasteiger partial charge in [-0.2, -0.15) is 0 Å². The fourth-order valence-corrected chi connectivity index (χ4v) is 2.03. The summed E-state index contributed by atoms with van der Waals surface area (Å²) in [4.78, 5) is 16.2. The normalized spacial score (nSPS) is 10.4. The standard InChI is InChI=1S/C13H17ClN6O/c1-3-15-12-10(14)5-9(6-16-12)13(21)17-7-11-19-18-8-20(11)4-2/h5-6,8H,3-4,7H2,1-2H3,(H,15,16)(H,17,21). The monoisotopic (exact) mass is 308 g/mol. The van der Waals surface area contributed by atoms with E-state index < -0.39 is 0 Å². The van der Waals surface area contributed by atoms with Crippen LogP contribution in [-0.4, -0.2) is 32.2 Å². The molecule has 0 aliphatic rings. The number of rotatable bonds is 6. The minimum Gasteiger partial charge on any atom is -0.369 e. The van der Waals surface area contributed by atoms with Gasteiger partial charge in [-0.05, 0) is 19.9 Å². The number of hydrogen-bond donors (Lipinski definition) is 2. The van der Waals surface area contributed by atoms with E-state index in [1.165, 1.54) is 6.20 Å². The lowest BCUT2D eigenvalue weighted by molar-refractivity contribution is 0.0949. The van der Waals surface area contributed by atoms with E-state index in [1.54, 1.807) is 12.4 Å². The maximum absolute atomic E-state index is 12.1. The van der Waals surface area contributed by atoms with Gasteiger partial charge in [0.2, 0.25) is 0 Å². The summed E-state index contributed by atoms with van der Waals surface area (Å²) in [5.74, 6) is 1.02. The van der Waals surface area contributed by atoms with Crippen molar-refractivity contribution in [1.29, 1.82) is 0 Å². The highest BCUT2D eigenvalue weighted by molar-refractivity contribution is 6.33. The Balaban J connectivity index is 2.02. The van der Waals surface area contributed by atoms with Crippen molar-refractivity contribution >= 4 is 23.3 Å². The highest BCUT2D eigenvalue weighted by Crippen LogP contribution is 2.19. The van der Waals surface area contributed by atoms with Gasteiger partial charge in [-0.25, -0.2) is 4.98 Å². The molecular formula is C13H17ClN6O. The molecule has 21 heavy (non-hydrogen) atoms. The third-order valence-corrected chi connectivity index (χ3v) is 3.18. The molecule has 0 radical (unpaired) electrons. The molecule has 2 N–H and O–H groups in total. The lowest BCUT2D eigenvalue weighted by Gasteiger charge is -2.08. The van der Waals surface area contributed by atoms with Crippen molar-refractivity contribution in [2.75, 3.05) is 11.9 Å². The molecule has 0 fully saturated rings. The molecule has 2 heterocycles. The van der Waals surface area contributed by atoms with Crippen LogP contribution in [0.15, 0.2) is 18.6 Å². The fourth-order valence-electron chi connectivity index (χ4n) is 1.80. The molecule has 0 aromatic carbocycles. The first-order chi connectivity index (χ1) is 10.2. The van der Waals surface area contributed by atoms with Crippen LogP contribution < -0.4 is 10.6 Å². The van der Waals surface area contributed by atoms with Gasteiger partial charge < -0.3 is 15.2 Å². The lowest BCUT2D eigenvalue weighted by atomic mass is 10.2. The second kappa shape index (κ2) is 7.03. The predicted octanol–water partition coefficient (Wildman–Crippen LogP) is 1.71. The van der Waals surface area contributed by atoms with Gasteiger partial charge in [-0.3, -0.25) is 4.79 Å². The quantitative estimate of drug-likeness (QED) is 0.848. The first kappa shape index (κ1) is 15.2. The van der Waals surface area contributed by atoms with Crippen LogP contribution in [0.2, 0.25) is 5.02 Å². The molecular weight excluding hydrogens is 292 g/mol. The molecule has 0 saturated carbocycles. The summed E-state index contributed by atoms with van der Waals surface area (Å²) in [6.07, 6.45) is 3.12. The van der Waals surface area contributed by atoms with Gasteiger partial charge >= 0.3 is 0 Å². The van der Waals surface area contributed by atoms with Gasteiger partial charge in [0.05, 0.1) is 17.1 Å². The molecule has 2 aromatic heterocycles. The smallest absolute Gasteiger partial charge is 0.253 e. The first-order valence-corrected chi connectivity index (χ1v) is 7.07. The summed E-state index contributed by atoms with van der Waals surface area (Å²) < 4.78 is 1.86. The summed E-state index contributed by atoms with van der Waals surface area (Å²) >= 11 is 6.07. The zero-order valence-corrected chi connectivity index (χ0v) is 12.7. The Bertz CT molecular complexity index is 627. The molecule has 0 spiro atoms. The van der Waals surface area contributed by atoms with E-state index in [0.717, 1.165) is 6.54 Å². The average Bonchev–Trinajstić information content (AvgIpc) is 2.94. The molecule has 8 heteroatoms. The van der Waals surface area contributed by atoms with E-state index >= 15 is 0 Å². The van der Waals surface area contributed by atoms with E-state index in [0.29, 0.717) is 35.3 Å². The van der Waals surface area contributed by atoms with Gasteiger partial charge in [0.25, 0.3) is 5.91 Å². The molecule has 1 amide bonds. The number of carbonyl (C=O) groups is 1. The summed E-state index contributed by atoms with van der Waals surface area (Å²) in [7, 11) is 0. The Kier molecular flexibility index (Phi) is 5.10. The number of amides is 1. The van der Waals surface area contributed by atoms with E-state index in [1.807, 2.05) is 18.4 Å². The van der Waals surface area contributed by atoms with Crippen molar-refractivity contribution in [2.24, 2.45) is 0 Å². The van der Waals surface area contributed by atoms with Crippen LogP contribution in [0.4, 0.5) is 5.82 Å². The van der Waals surface area contributed by atoms with Gasteiger partial charge in [-0.15, -0.1) is 10.2 Å². The lowest BCUT2D eigenvalue weighted by Crippen LogP contribution is -2.25. The van der Waals surface area contributed by atoms with Crippen molar-refractivity contribution in [2.45, 2.75) is 26.9 Å². The highest BCUT2D eigenvalue weighted by atomic mass is 35.5. The van der Waals surface area contributed by atoms with Crippen LogP contribution in [0.3, 0.4) is 0 Å². The maximum atomic E-state index is 12.1. The molecule has 0 bridgehead atoms. The molecule has 2 rings (SSSR count). The molecule has 0 atom stereocenters. The van der Waals surface area contributed by atoms with E-state index in [-0.39, 0.29) is 5.91 Å². The number of aromatic nitrogens is 4. The number of nitrogens with one attached hydrogen (secondary N) is 2. The van der Waals surface area contributed by atoms with Gasteiger partial charge in [0, 0.05) is 19.3 Å². The second-order valence-electron chi connectivity index (χ2n) is 4.30. The van der Waals surface area contributed by atoms with Crippen LogP contribution in [0, 0.1) is 0 Å². The Morgan fingerprint density at radius 2 is 2.24 bits per heavy atom. The van der Waals surface area contributed by atoms with Crippen molar-refractivity contribution < 1.29 is 4.79 Å². The van der Waals surface area contributed by atoms with Crippen molar-refractivity contribution in [3.8, 4) is 0 Å². The van der Waals surface area contributed by atoms with Crippen molar-refractivity contribution in [3.63, 3.8) is 0 Å². The van der Waals surface area contributed by atoms with Crippen molar-refractivity contribution in [3.05, 3.63) is 35.0 Å². The molecule has 2 aromatic rings. The minimum atomic E-state index is -0.252. The summed E-state index contributed by atoms with van der Waals surface area (Å²) in [6, 6.07) is 1.59. The molecule has 0 aliphatic carbocycles. The number of pyridine rings is 1. The summed E-state index contributed by atoms with van der Waals surface area (Å²) in [5.41, 5.74) is 0.407. The Labute approximate surface area is 127 Å². The third kappa shape index (κ3) is 3.69. The SMILES string of the molecule is CCNc1ncc(C(=O)NCc2nncn2CC)cc1Cl. The Hall–Kier alpha value is -2.15. The maximum Gasteiger partial charge on any atom is 0.253 e. The van der Waals surface area contributed by atoms with Gasteiger partial charge in [0.15, 0.2) is 5.82 Å².